The van der Waals surface area contributed by atoms with Crippen molar-refractivity contribution in [1.29, 1.82) is 0 Å². The molecule has 1 amide bonds. The van der Waals surface area contributed by atoms with Crippen LogP contribution in [0.2, 0.25) is 0 Å². The van der Waals surface area contributed by atoms with Crippen molar-refractivity contribution in [2.45, 2.75) is 38.0 Å². The fraction of sp³-hybridized carbons (Fsp3) is 0.480. The molecule has 2 aliphatic heterocycles. The molecule has 5 nitrogen and oxygen atoms in total. The smallest absolute Gasteiger partial charge is 0.237 e. The van der Waals surface area contributed by atoms with Crippen LogP contribution >= 0.6 is 0 Å². The molecule has 0 bridgehead atoms. The van der Waals surface area contributed by atoms with E-state index in [2.05, 4.69) is 39.4 Å². The van der Waals surface area contributed by atoms with E-state index in [1.807, 2.05) is 43.3 Å². The standard InChI is InChI=1S/C25H33N3O2/c1-20(28-16-14-27(15-17-28)19-23-13-8-18-30-23)25(29)26-24(21-9-4-2-5-10-21)22-11-6-3-7-12-22/h2-7,9-12,20,23-24H,8,13-19H2,1H3,(H,26,29)/t20-,23-/m1/s1. The van der Waals surface area contributed by atoms with E-state index in [0.29, 0.717) is 6.10 Å². The van der Waals surface area contributed by atoms with Gasteiger partial charge in [0.15, 0.2) is 0 Å². The summed E-state index contributed by atoms with van der Waals surface area (Å²) < 4.78 is 5.78. The zero-order valence-corrected chi connectivity index (χ0v) is 17.9. The van der Waals surface area contributed by atoms with Gasteiger partial charge in [0, 0.05) is 39.3 Å². The van der Waals surface area contributed by atoms with Crippen molar-refractivity contribution in [2.24, 2.45) is 0 Å². The molecule has 2 heterocycles. The second-order valence-corrected chi connectivity index (χ2v) is 8.41. The van der Waals surface area contributed by atoms with E-state index in [0.717, 1.165) is 50.5 Å². The molecular formula is C25H33N3O2. The third-order valence-corrected chi connectivity index (χ3v) is 6.37. The summed E-state index contributed by atoms with van der Waals surface area (Å²) in [5.74, 6) is 0.0836. The Balaban J connectivity index is 1.35. The van der Waals surface area contributed by atoms with Gasteiger partial charge in [0.2, 0.25) is 5.91 Å². The van der Waals surface area contributed by atoms with Gasteiger partial charge < -0.3 is 10.1 Å². The first kappa shape index (κ1) is 21.0. The molecule has 0 spiro atoms. The number of carbonyl (C=O) groups excluding carboxylic acids is 1. The van der Waals surface area contributed by atoms with Crippen LogP contribution in [0, 0.1) is 0 Å². The molecule has 0 unspecified atom stereocenters. The van der Waals surface area contributed by atoms with Gasteiger partial charge >= 0.3 is 0 Å². The van der Waals surface area contributed by atoms with Crippen LogP contribution in [0.4, 0.5) is 0 Å². The average Bonchev–Trinajstić information content (AvgIpc) is 3.31. The molecule has 2 aromatic carbocycles. The van der Waals surface area contributed by atoms with Crippen LogP contribution in [0.25, 0.3) is 0 Å². The first-order valence-corrected chi connectivity index (χ1v) is 11.2. The molecule has 160 valence electrons. The maximum atomic E-state index is 13.2. The van der Waals surface area contributed by atoms with E-state index in [-0.39, 0.29) is 18.0 Å². The summed E-state index contributed by atoms with van der Waals surface area (Å²) in [6, 6.07) is 20.1. The molecule has 2 atom stereocenters. The van der Waals surface area contributed by atoms with E-state index in [1.54, 1.807) is 0 Å². The Bertz CT molecular complexity index is 745. The van der Waals surface area contributed by atoms with Crippen molar-refractivity contribution in [2.75, 3.05) is 39.3 Å². The highest BCUT2D eigenvalue weighted by Crippen LogP contribution is 2.22. The molecule has 0 aromatic heterocycles. The van der Waals surface area contributed by atoms with Gasteiger partial charge in [-0.1, -0.05) is 60.7 Å². The van der Waals surface area contributed by atoms with E-state index in [4.69, 9.17) is 4.74 Å². The highest BCUT2D eigenvalue weighted by Gasteiger charge is 2.29. The summed E-state index contributed by atoms with van der Waals surface area (Å²) >= 11 is 0. The lowest BCUT2D eigenvalue weighted by molar-refractivity contribution is -0.127. The predicted octanol–water partition coefficient (Wildman–Crippen LogP) is 3.08. The minimum absolute atomic E-state index is 0.0836. The second-order valence-electron chi connectivity index (χ2n) is 8.41. The van der Waals surface area contributed by atoms with Crippen LogP contribution < -0.4 is 5.32 Å². The second kappa shape index (κ2) is 10.2. The number of rotatable bonds is 7. The minimum atomic E-state index is -0.148. The Hall–Kier alpha value is -2.21. The molecule has 2 saturated heterocycles. The van der Waals surface area contributed by atoms with Gasteiger partial charge in [-0.25, -0.2) is 0 Å². The molecule has 2 fully saturated rings. The monoisotopic (exact) mass is 407 g/mol. The number of benzene rings is 2. The molecule has 2 aromatic rings. The van der Waals surface area contributed by atoms with Crippen LogP contribution in [0.15, 0.2) is 60.7 Å². The number of nitrogens with zero attached hydrogens (tertiary/aromatic N) is 2. The van der Waals surface area contributed by atoms with Gasteiger partial charge in [-0.15, -0.1) is 0 Å². The number of piperazine rings is 1. The van der Waals surface area contributed by atoms with Gasteiger partial charge in [0.1, 0.15) is 0 Å². The molecule has 0 radical (unpaired) electrons. The van der Waals surface area contributed by atoms with Gasteiger partial charge in [-0.2, -0.15) is 0 Å². The number of ether oxygens (including phenoxy) is 1. The first-order valence-electron chi connectivity index (χ1n) is 11.2. The topological polar surface area (TPSA) is 44.8 Å². The average molecular weight is 408 g/mol. The Labute approximate surface area is 180 Å². The van der Waals surface area contributed by atoms with Gasteiger partial charge in [-0.3, -0.25) is 14.6 Å². The quantitative estimate of drug-likeness (QED) is 0.766. The van der Waals surface area contributed by atoms with Crippen LogP contribution in [0.1, 0.15) is 36.9 Å². The summed E-state index contributed by atoms with van der Waals surface area (Å²) in [7, 11) is 0. The zero-order chi connectivity index (χ0) is 20.8. The van der Waals surface area contributed by atoms with E-state index in [9.17, 15) is 4.79 Å². The highest BCUT2D eigenvalue weighted by molar-refractivity contribution is 5.82. The molecule has 2 aliphatic rings. The number of carbonyl (C=O) groups is 1. The van der Waals surface area contributed by atoms with Crippen molar-refractivity contribution in [1.82, 2.24) is 15.1 Å². The summed E-state index contributed by atoms with van der Waals surface area (Å²) in [5, 5.41) is 3.30. The highest BCUT2D eigenvalue weighted by atomic mass is 16.5. The van der Waals surface area contributed by atoms with Crippen LogP contribution in [-0.4, -0.2) is 67.2 Å². The summed E-state index contributed by atoms with van der Waals surface area (Å²) in [5.41, 5.74) is 2.20. The van der Waals surface area contributed by atoms with Gasteiger partial charge in [-0.05, 0) is 30.9 Å². The number of amides is 1. The Kier molecular flexibility index (Phi) is 7.16. The Morgan fingerprint density at radius 2 is 1.60 bits per heavy atom. The summed E-state index contributed by atoms with van der Waals surface area (Å²) in [6.45, 7) is 7.80. The molecule has 5 heteroatoms. The molecular weight excluding hydrogens is 374 g/mol. The molecule has 0 aliphatic carbocycles. The lowest BCUT2D eigenvalue weighted by Crippen LogP contribution is -2.55. The third kappa shape index (κ3) is 5.28. The van der Waals surface area contributed by atoms with Crippen LogP contribution in [0.3, 0.4) is 0 Å². The normalized spacial score (nSPS) is 21.6. The minimum Gasteiger partial charge on any atom is -0.377 e. The largest absolute Gasteiger partial charge is 0.377 e. The lowest BCUT2D eigenvalue weighted by atomic mass is 9.98. The molecule has 0 saturated carbocycles. The third-order valence-electron chi connectivity index (χ3n) is 6.37. The lowest BCUT2D eigenvalue weighted by Gasteiger charge is -2.38. The number of hydrogen-bond acceptors (Lipinski definition) is 4. The SMILES string of the molecule is C[C@H](C(=O)NC(c1ccccc1)c1ccccc1)N1CCN(C[C@H]2CCCO2)CC1. The van der Waals surface area contributed by atoms with Crippen molar-refractivity contribution in [3.05, 3.63) is 71.8 Å². The molecule has 30 heavy (non-hydrogen) atoms. The fourth-order valence-corrected chi connectivity index (χ4v) is 4.49. The summed E-state index contributed by atoms with van der Waals surface area (Å²) in [4.78, 5) is 18.0. The van der Waals surface area contributed by atoms with Gasteiger partial charge in [0.05, 0.1) is 18.2 Å². The fourth-order valence-electron chi connectivity index (χ4n) is 4.49. The zero-order valence-electron chi connectivity index (χ0n) is 17.9. The van der Waals surface area contributed by atoms with E-state index in [1.165, 1.54) is 12.8 Å². The van der Waals surface area contributed by atoms with Crippen molar-refractivity contribution >= 4 is 5.91 Å². The van der Waals surface area contributed by atoms with Crippen LogP contribution in [0.5, 0.6) is 0 Å². The van der Waals surface area contributed by atoms with Crippen molar-refractivity contribution in [3.63, 3.8) is 0 Å². The van der Waals surface area contributed by atoms with Gasteiger partial charge in [0.25, 0.3) is 0 Å². The molecule has 1 N–H and O–H groups in total. The van der Waals surface area contributed by atoms with Crippen LogP contribution in [-0.2, 0) is 9.53 Å². The number of nitrogens with one attached hydrogen (secondary N) is 1. The first-order chi connectivity index (χ1) is 14.7. The summed E-state index contributed by atoms with van der Waals surface area (Å²) in [6.07, 6.45) is 2.76. The predicted molar refractivity (Wildman–Crippen MR) is 119 cm³/mol. The Morgan fingerprint density at radius 1 is 1.00 bits per heavy atom. The maximum Gasteiger partial charge on any atom is 0.237 e. The number of hydrogen-bond donors (Lipinski definition) is 1. The molecule has 4 rings (SSSR count). The van der Waals surface area contributed by atoms with E-state index >= 15 is 0 Å². The van der Waals surface area contributed by atoms with Crippen molar-refractivity contribution < 1.29 is 9.53 Å². The van der Waals surface area contributed by atoms with E-state index < -0.39 is 0 Å². The Morgan fingerprint density at radius 3 is 2.13 bits per heavy atom. The van der Waals surface area contributed by atoms with Crippen molar-refractivity contribution in [3.8, 4) is 0 Å². The maximum absolute atomic E-state index is 13.2.